The molecule has 0 saturated carbocycles. The molecule has 1 amide bonds. The van der Waals surface area contributed by atoms with Crippen molar-refractivity contribution in [1.29, 1.82) is 5.41 Å². The maximum absolute atomic E-state index is 11.8. The van der Waals surface area contributed by atoms with Crippen LogP contribution in [-0.4, -0.2) is 41.6 Å². The van der Waals surface area contributed by atoms with Crippen LogP contribution in [0.5, 0.6) is 0 Å². The largest absolute Gasteiger partial charge is 0.480 e. The summed E-state index contributed by atoms with van der Waals surface area (Å²) in [5, 5.41) is 21.2. The molecule has 0 aliphatic rings. The molecule has 0 aromatic rings. The average molecular weight is 301 g/mol. The van der Waals surface area contributed by atoms with Crippen LogP contribution in [0, 0.1) is 11.3 Å². The van der Waals surface area contributed by atoms with Crippen molar-refractivity contribution in [1.82, 2.24) is 10.6 Å². The number of amides is 1. The second-order valence-corrected chi connectivity index (χ2v) is 5.47. The molecule has 0 rings (SSSR count). The van der Waals surface area contributed by atoms with Crippen LogP contribution in [-0.2, 0) is 9.59 Å². The molecule has 0 unspecified atom stereocenters. The van der Waals surface area contributed by atoms with Gasteiger partial charge in [0.2, 0.25) is 5.91 Å². The van der Waals surface area contributed by atoms with Crippen molar-refractivity contribution in [3.63, 3.8) is 0 Å². The molecule has 0 radical (unpaired) electrons. The molecule has 0 bridgehead atoms. The van der Waals surface area contributed by atoms with Crippen molar-refractivity contribution >= 4 is 17.8 Å². The van der Waals surface area contributed by atoms with E-state index < -0.39 is 24.0 Å². The number of hydrogen-bond donors (Lipinski definition) is 6. The van der Waals surface area contributed by atoms with E-state index in [-0.39, 0.29) is 11.9 Å². The van der Waals surface area contributed by atoms with Crippen molar-refractivity contribution < 1.29 is 14.7 Å². The molecule has 0 aromatic heterocycles. The predicted molar refractivity (Wildman–Crippen MR) is 80.8 cm³/mol. The summed E-state index contributed by atoms with van der Waals surface area (Å²) in [5.74, 6) is -1.35. The third-order valence-electron chi connectivity index (χ3n) is 2.91. The summed E-state index contributed by atoms with van der Waals surface area (Å²) in [7, 11) is 0. The molecular weight excluding hydrogens is 274 g/mol. The number of rotatable bonds is 10. The molecule has 0 aliphatic heterocycles. The minimum atomic E-state index is -1.07. The number of guanidine groups is 1. The van der Waals surface area contributed by atoms with Crippen LogP contribution < -0.4 is 22.1 Å². The fraction of sp³-hybridized carbons (Fsp3) is 0.769. The maximum Gasteiger partial charge on any atom is 0.326 e. The molecule has 0 aromatic carbocycles. The number of carbonyl (C=O) groups excluding carboxylic acids is 1. The molecule has 122 valence electrons. The van der Waals surface area contributed by atoms with Crippen LogP contribution >= 0.6 is 0 Å². The van der Waals surface area contributed by atoms with Crippen molar-refractivity contribution in [3.05, 3.63) is 0 Å². The van der Waals surface area contributed by atoms with Gasteiger partial charge in [-0.1, -0.05) is 13.8 Å². The highest BCUT2D eigenvalue weighted by molar-refractivity contribution is 5.86. The van der Waals surface area contributed by atoms with Crippen LogP contribution in [0.15, 0.2) is 0 Å². The number of carboxylic acid groups (broad SMARTS) is 1. The Morgan fingerprint density at radius 2 is 1.90 bits per heavy atom. The lowest BCUT2D eigenvalue weighted by atomic mass is 10.0. The van der Waals surface area contributed by atoms with E-state index in [0.29, 0.717) is 32.2 Å². The summed E-state index contributed by atoms with van der Waals surface area (Å²) >= 11 is 0. The van der Waals surface area contributed by atoms with Crippen LogP contribution in [0.2, 0.25) is 0 Å². The van der Waals surface area contributed by atoms with Gasteiger partial charge in [0.05, 0.1) is 6.04 Å². The van der Waals surface area contributed by atoms with Crippen LogP contribution in [0.25, 0.3) is 0 Å². The molecule has 0 saturated heterocycles. The van der Waals surface area contributed by atoms with Gasteiger partial charge in [-0.2, -0.15) is 0 Å². The first-order valence-corrected chi connectivity index (χ1v) is 7.10. The van der Waals surface area contributed by atoms with E-state index in [1.54, 1.807) is 0 Å². The third-order valence-corrected chi connectivity index (χ3v) is 2.91. The first kappa shape index (κ1) is 19.2. The van der Waals surface area contributed by atoms with Crippen LogP contribution in [0.4, 0.5) is 0 Å². The van der Waals surface area contributed by atoms with Gasteiger partial charge < -0.3 is 27.2 Å². The Balaban J connectivity index is 4.15. The summed E-state index contributed by atoms with van der Waals surface area (Å²) in [4.78, 5) is 22.9. The van der Waals surface area contributed by atoms with E-state index in [0.717, 1.165) is 0 Å². The molecule has 8 heteroatoms. The molecule has 0 aliphatic carbocycles. The molecular formula is C13H27N5O3. The number of carbonyl (C=O) groups is 2. The minimum absolute atomic E-state index is 0.113. The summed E-state index contributed by atoms with van der Waals surface area (Å²) in [6, 6.07) is -1.63. The first-order chi connectivity index (χ1) is 9.73. The zero-order valence-corrected chi connectivity index (χ0v) is 12.7. The number of nitrogens with one attached hydrogen (secondary N) is 3. The Bertz CT molecular complexity index is 360. The van der Waals surface area contributed by atoms with Crippen molar-refractivity contribution in [2.75, 3.05) is 6.54 Å². The predicted octanol–water partition coefficient (Wildman–Crippen LogP) is -0.417. The Hall–Kier alpha value is -1.83. The second-order valence-electron chi connectivity index (χ2n) is 5.47. The third kappa shape index (κ3) is 9.67. The molecule has 0 fully saturated rings. The number of unbranched alkanes of at least 4 members (excludes halogenated alkanes) is 1. The van der Waals surface area contributed by atoms with Gasteiger partial charge in [0.25, 0.3) is 0 Å². The highest BCUT2D eigenvalue weighted by Gasteiger charge is 2.23. The molecule has 2 atom stereocenters. The normalized spacial score (nSPS) is 13.5. The zero-order chi connectivity index (χ0) is 16.4. The van der Waals surface area contributed by atoms with Crippen molar-refractivity contribution in [2.24, 2.45) is 17.4 Å². The topological polar surface area (TPSA) is 154 Å². The first-order valence-electron chi connectivity index (χ1n) is 7.10. The van der Waals surface area contributed by atoms with Gasteiger partial charge in [-0.25, -0.2) is 4.79 Å². The van der Waals surface area contributed by atoms with E-state index >= 15 is 0 Å². The Labute approximate surface area is 125 Å². The van der Waals surface area contributed by atoms with Gasteiger partial charge in [-0.05, 0) is 31.6 Å². The number of aliphatic carboxylic acids is 1. The zero-order valence-electron chi connectivity index (χ0n) is 12.7. The molecule has 0 heterocycles. The fourth-order valence-electron chi connectivity index (χ4n) is 1.85. The molecule has 0 spiro atoms. The second kappa shape index (κ2) is 9.98. The lowest BCUT2D eigenvalue weighted by molar-refractivity contribution is -0.142. The van der Waals surface area contributed by atoms with Gasteiger partial charge in [-0.15, -0.1) is 0 Å². The van der Waals surface area contributed by atoms with Crippen molar-refractivity contribution in [2.45, 2.75) is 51.6 Å². The lowest BCUT2D eigenvalue weighted by Crippen LogP contribution is -2.48. The summed E-state index contributed by atoms with van der Waals surface area (Å²) in [5.41, 5.74) is 10.9. The standard InChI is InChI=1S/C13H27N5O3/c1-8(2)7-9(14)11(19)18-10(12(20)21)5-3-4-6-17-13(15)16/h8-10H,3-7,14H2,1-2H3,(H,18,19)(H,20,21)(H4,15,16,17)/t9-,10-/m0/s1. The Kier molecular flexibility index (Phi) is 9.11. The Morgan fingerprint density at radius 3 is 2.38 bits per heavy atom. The molecule has 21 heavy (non-hydrogen) atoms. The van der Waals surface area contributed by atoms with E-state index in [4.69, 9.17) is 22.0 Å². The fourth-order valence-corrected chi connectivity index (χ4v) is 1.85. The van der Waals surface area contributed by atoms with Crippen LogP contribution in [0.3, 0.4) is 0 Å². The van der Waals surface area contributed by atoms with Crippen LogP contribution in [0.1, 0.15) is 39.5 Å². The van der Waals surface area contributed by atoms with E-state index in [1.165, 1.54) is 0 Å². The molecule has 8 nitrogen and oxygen atoms in total. The van der Waals surface area contributed by atoms with E-state index in [1.807, 2.05) is 13.8 Å². The Morgan fingerprint density at radius 1 is 1.29 bits per heavy atom. The number of hydrogen-bond acceptors (Lipinski definition) is 4. The maximum atomic E-state index is 11.8. The van der Waals surface area contributed by atoms with Gasteiger partial charge in [-0.3, -0.25) is 10.2 Å². The highest BCUT2D eigenvalue weighted by atomic mass is 16.4. The summed E-state index contributed by atoms with van der Waals surface area (Å²) in [6.07, 6.45) is 2.09. The molecule has 8 N–H and O–H groups in total. The van der Waals surface area contributed by atoms with Crippen molar-refractivity contribution in [3.8, 4) is 0 Å². The van der Waals surface area contributed by atoms with E-state index in [2.05, 4.69) is 10.6 Å². The van der Waals surface area contributed by atoms with Gasteiger partial charge in [0.15, 0.2) is 5.96 Å². The highest BCUT2D eigenvalue weighted by Crippen LogP contribution is 2.05. The quantitative estimate of drug-likeness (QED) is 0.183. The lowest BCUT2D eigenvalue weighted by Gasteiger charge is -2.19. The van der Waals surface area contributed by atoms with Gasteiger partial charge >= 0.3 is 5.97 Å². The number of nitrogens with two attached hydrogens (primary N) is 2. The summed E-state index contributed by atoms with van der Waals surface area (Å²) < 4.78 is 0. The number of carboxylic acids is 1. The monoisotopic (exact) mass is 301 g/mol. The van der Waals surface area contributed by atoms with E-state index in [9.17, 15) is 9.59 Å². The van der Waals surface area contributed by atoms with Gasteiger partial charge in [0, 0.05) is 6.54 Å². The minimum Gasteiger partial charge on any atom is -0.480 e. The smallest absolute Gasteiger partial charge is 0.326 e. The summed E-state index contributed by atoms with van der Waals surface area (Å²) in [6.45, 7) is 4.40. The average Bonchev–Trinajstić information content (AvgIpc) is 2.35. The van der Waals surface area contributed by atoms with Gasteiger partial charge in [0.1, 0.15) is 6.04 Å². The SMILES string of the molecule is CC(C)C[C@H](N)C(=O)N[C@@H](CCCCNC(=N)N)C(=O)O.